The summed E-state index contributed by atoms with van der Waals surface area (Å²) < 4.78 is 79.6. The van der Waals surface area contributed by atoms with Gasteiger partial charge in [-0.3, -0.25) is 9.78 Å². The normalized spacial score (nSPS) is 27.1. The van der Waals surface area contributed by atoms with Gasteiger partial charge in [-0.05, 0) is 62.1 Å². The van der Waals surface area contributed by atoms with Gasteiger partial charge < -0.3 is 10.4 Å². The van der Waals surface area contributed by atoms with Gasteiger partial charge in [-0.25, -0.2) is 24.1 Å². The molecule has 2 heterocycles. The van der Waals surface area contributed by atoms with Crippen LogP contribution in [-0.4, -0.2) is 34.6 Å². The molecule has 0 saturated heterocycles. The predicted octanol–water partition coefficient (Wildman–Crippen LogP) is 4.60. The van der Waals surface area contributed by atoms with Crippen LogP contribution in [0, 0.1) is 28.3 Å². The number of hydrogen-bond donors (Lipinski definition) is 3. The number of nitrogens with one attached hydrogen (secondary N) is 2. The molecule has 37 heavy (non-hydrogen) atoms. The number of aliphatic imine (C=N–C) groups is 1. The molecular weight excluding hydrogens is 506 g/mol. The van der Waals surface area contributed by atoms with Crippen molar-refractivity contribution in [1.82, 2.24) is 15.8 Å². The number of hydrogen-bond acceptors (Lipinski definition) is 6. The highest BCUT2D eigenvalue weighted by Crippen LogP contribution is 2.59. The van der Waals surface area contributed by atoms with Crippen molar-refractivity contribution in [3.63, 3.8) is 0 Å². The second kappa shape index (κ2) is 8.89. The number of phenols is 1. The highest BCUT2D eigenvalue weighted by molar-refractivity contribution is 5.98. The Morgan fingerprint density at radius 2 is 1.78 bits per heavy atom. The quantitative estimate of drug-likeness (QED) is 0.390. The lowest BCUT2D eigenvalue weighted by molar-refractivity contribution is -0.141. The van der Waals surface area contributed by atoms with Gasteiger partial charge in [-0.1, -0.05) is 0 Å². The van der Waals surface area contributed by atoms with Gasteiger partial charge in [0.2, 0.25) is 5.82 Å². The van der Waals surface area contributed by atoms with Gasteiger partial charge in [-0.15, -0.1) is 0 Å². The fourth-order valence-electron chi connectivity index (χ4n) is 5.42. The Kier molecular flexibility index (Phi) is 6.08. The number of hydroxylamine groups is 1. The smallest absolute Gasteiger partial charge is 0.433 e. The highest BCUT2D eigenvalue weighted by atomic mass is 19.4. The van der Waals surface area contributed by atoms with Crippen molar-refractivity contribution in [2.75, 3.05) is 6.54 Å². The molecular formula is C24H22F6N4O3. The molecule has 1 aromatic heterocycles. The molecule has 1 atom stereocenters. The maximum Gasteiger partial charge on any atom is 0.433 e. The number of rotatable bonds is 5. The predicted molar refractivity (Wildman–Crippen MR) is 117 cm³/mol. The van der Waals surface area contributed by atoms with Gasteiger partial charge >= 0.3 is 6.18 Å². The summed E-state index contributed by atoms with van der Waals surface area (Å²) in [6, 6.07) is 2.61. The molecule has 1 amide bonds. The summed E-state index contributed by atoms with van der Waals surface area (Å²) in [5, 5.41) is 11.7. The average molecular weight is 528 g/mol. The molecule has 0 spiro atoms. The van der Waals surface area contributed by atoms with Gasteiger partial charge in [0.25, 0.3) is 5.91 Å². The molecule has 0 radical (unpaired) electrons. The number of alkyl halides is 3. The zero-order valence-corrected chi connectivity index (χ0v) is 19.3. The number of carbonyl (C=O) groups is 1. The number of amides is 1. The van der Waals surface area contributed by atoms with Crippen LogP contribution in [0.4, 0.5) is 26.3 Å². The second-order valence-corrected chi connectivity index (χ2v) is 9.91. The lowest BCUT2D eigenvalue weighted by Crippen LogP contribution is -2.51. The molecule has 198 valence electrons. The van der Waals surface area contributed by atoms with Crippen LogP contribution >= 0.6 is 0 Å². The third kappa shape index (κ3) is 4.49. The lowest BCUT2D eigenvalue weighted by Gasteiger charge is -2.54. The van der Waals surface area contributed by atoms with E-state index >= 15 is 0 Å². The number of carbonyl (C=O) groups excluding carboxylic acids is 1. The molecule has 3 saturated carbocycles. The second-order valence-electron chi connectivity index (χ2n) is 9.91. The maximum absolute atomic E-state index is 14.0. The van der Waals surface area contributed by atoms with Crippen molar-refractivity contribution in [3.05, 3.63) is 58.7 Å². The Morgan fingerprint density at radius 1 is 1.11 bits per heavy atom. The Bertz CT molecular complexity index is 1240. The van der Waals surface area contributed by atoms with Gasteiger partial charge in [0.1, 0.15) is 5.69 Å². The van der Waals surface area contributed by atoms with Crippen molar-refractivity contribution < 1.29 is 41.1 Å². The Labute approximate surface area is 206 Å². The number of nitrogens with zero attached hydrogens (tertiary/aromatic N) is 2. The van der Waals surface area contributed by atoms with Crippen LogP contribution in [0.2, 0.25) is 0 Å². The van der Waals surface area contributed by atoms with E-state index in [1.165, 1.54) is 6.07 Å². The van der Waals surface area contributed by atoms with Crippen LogP contribution < -0.4 is 10.8 Å². The van der Waals surface area contributed by atoms with Crippen LogP contribution in [0.25, 0.3) is 0 Å². The molecule has 1 aromatic carbocycles. The number of phenolic OH excluding ortho intramolecular Hbond substituents is 1. The molecule has 3 N–H and O–H groups in total. The minimum atomic E-state index is -4.54. The number of fused-ring (bicyclic) bond motifs is 3. The topological polar surface area (TPSA) is 95.8 Å². The number of benzene rings is 1. The summed E-state index contributed by atoms with van der Waals surface area (Å²) in [6.07, 6.45) is 0.192. The fourth-order valence-corrected chi connectivity index (χ4v) is 5.42. The Hall–Kier alpha value is -3.35. The molecule has 13 heteroatoms. The summed E-state index contributed by atoms with van der Waals surface area (Å²) in [5.74, 6) is -7.03. The number of pyridine rings is 1. The van der Waals surface area contributed by atoms with Crippen molar-refractivity contribution >= 4 is 11.7 Å². The third-order valence-corrected chi connectivity index (χ3v) is 7.83. The van der Waals surface area contributed by atoms with Crippen molar-refractivity contribution in [1.29, 1.82) is 0 Å². The molecule has 2 bridgehead atoms. The van der Waals surface area contributed by atoms with Gasteiger partial charge in [-0.2, -0.15) is 17.6 Å². The zero-order chi connectivity index (χ0) is 26.6. The van der Waals surface area contributed by atoms with E-state index in [1.807, 2.05) is 0 Å². The number of aromatic nitrogens is 1. The molecule has 7 nitrogen and oxygen atoms in total. The molecule has 1 aliphatic heterocycles. The Morgan fingerprint density at radius 3 is 2.38 bits per heavy atom. The van der Waals surface area contributed by atoms with E-state index in [-0.39, 0.29) is 17.4 Å². The number of halogens is 6. The molecule has 6 rings (SSSR count). The zero-order valence-electron chi connectivity index (χ0n) is 19.3. The minimum Gasteiger partial charge on any atom is -0.503 e. The summed E-state index contributed by atoms with van der Waals surface area (Å²) >= 11 is 0. The standard InChI is InChI=1S/C24H22F6N4O3/c25-14-9-13(16(26)17(27)18(14)35)20(36)32-11-22-3-6-23(7-4-22,8-5-22)21-33-19(34-37-21)12-1-2-15(31-10-12)24(28,29)30/h1-2,9-10,21,35H,3-8,11H2,(H,32,36)(H,33,34). The largest absolute Gasteiger partial charge is 0.503 e. The highest BCUT2D eigenvalue weighted by Gasteiger charge is 2.54. The van der Waals surface area contributed by atoms with Crippen LogP contribution in [-0.2, 0) is 11.0 Å². The van der Waals surface area contributed by atoms with Gasteiger partial charge in [0.15, 0.2) is 29.4 Å². The monoisotopic (exact) mass is 528 g/mol. The van der Waals surface area contributed by atoms with Crippen molar-refractivity contribution in [3.8, 4) is 5.75 Å². The first-order valence-corrected chi connectivity index (χ1v) is 11.6. The van der Waals surface area contributed by atoms with E-state index in [0.717, 1.165) is 12.3 Å². The first kappa shape index (κ1) is 25.3. The molecule has 1 unspecified atom stereocenters. The fraction of sp³-hybridized carbons (Fsp3) is 0.458. The van der Waals surface area contributed by atoms with E-state index in [4.69, 9.17) is 9.94 Å². The van der Waals surface area contributed by atoms with Gasteiger partial charge in [0, 0.05) is 23.7 Å². The number of amidine groups is 1. The molecule has 3 fully saturated rings. The average Bonchev–Trinajstić information content (AvgIpc) is 3.40. The number of aromatic hydroxyl groups is 1. The van der Waals surface area contributed by atoms with E-state index in [1.54, 1.807) is 0 Å². The summed E-state index contributed by atoms with van der Waals surface area (Å²) in [4.78, 5) is 26.2. The van der Waals surface area contributed by atoms with Crippen LogP contribution in [0.3, 0.4) is 0 Å². The van der Waals surface area contributed by atoms with Gasteiger partial charge in [0.05, 0.1) is 5.56 Å². The van der Waals surface area contributed by atoms with E-state index in [9.17, 15) is 31.1 Å². The van der Waals surface area contributed by atoms with Crippen LogP contribution in [0.1, 0.15) is 60.1 Å². The van der Waals surface area contributed by atoms with Crippen molar-refractivity contribution in [2.24, 2.45) is 15.8 Å². The van der Waals surface area contributed by atoms with E-state index in [2.05, 4.69) is 20.8 Å². The maximum atomic E-state index is 14.0. The van der Waals surface area contributed by atoms with E-state index < -0.39 is 52.8 Å². The SMILES string of the molecule is O=C(NCC12CCC(C3N=C(c4ccc(C(F)(F)F)nc4)NO3)(CC1)CC2)c1cc(F)c(O)c(F)c1F. The van der Waals surface area contributed by atoms with Crippen LogP contribution in [0.5, 0.6) is 5.75 Å². The first-order chi connectivity index (χ1) is 17.4. The Balaban J connectivity index is 1.22. The van der Waals surface area contributed by atoms with E-state index in [0.29, 0.717) is 56.0 Å². The summed E-state index contributed by atoms with van der Waals surface area (Å²) in [7, 11) is 0. The molecule has 3 aliphatic carbocycles. The molecule has 4 aliphatic rings. The van der Waals surface area contributed by atoms with Crippen molar-refractivity contribution in [2.45, 2.75) is 50.9 Å². The third-order valence-electron chi connectivity index (χ3n) is 7.83. The first-order valence-electron chi connectivity index (χ1n) is 11.6. The lowest BCUT2D eigenvalue weighted by atomic mass is 9.53. The summed E-state index contributed by atoms with van der Waals surface area (Å²) in [5.41, 5.74) is 0.661. The van der Waals surface area contributed by atoms with Crippen LogP contribution in [0.15, 0.2) is 29.4 Å². The summed E-state index contributed by atoms with van der Waals surface area (Å²) in [6.45, 7) is 0.182. The molecule has 2 aromatic rings. The minimum absolute atomic E-state index is 0.182.